The largest absolute Gasteiger partial charge is 0.394 e. The lowest BCUT2D eigenvalue weighted by molar-refractivity contribution is 0.0341. The van der Waals surface area contributed by atoms with E-state index in [1.807, 2.05) is 0 Å². The van der Waals surface area contributed by atoms with Crippen molar-refractivity contribution in [2.24, 2.45) is 0 Å². The molecule has 0 saturated carbocycles. The molecule has 0 aliphatic rings. The quantitative estimate of drug-likeness (QED) is 0.127. The van der Waals surface area contributed by atoms with Gasteiger partial charge in [-0.25, -0.2) is 0 Å². The van der Waals surface area contributed by atoms with Crippen molar-refractivity contribution in [3.8, 4) is 0 Å². The van der Waals surface area contributed by atoms with E-state index in [1.54, 1.807) is 0 Å². The van der Waals surface area contributed by atoms with E-state index in [1.165, 1.54) is 0 Å². The van der Waals surface area contributed by atoms with Crippen LogP contribution in [0.25, 0.3) is 0 Å². The van der Waals surface area contributed by atoms with Gasteiger partial charge >= 0.3 is 0 Å². The SMILES string of the molecule is N=C(NCCOCCOCCO)NCCOCCOCCO. The molecule has 0 aromatic carbocycles. The van der Waals surface area contributed by atoms with Gasteiger partial charge in [0.15, 0.2) is 5.96 Å². The van der Waals surface area contributed by atoms with Crippen LogP contribution in [0.2, 0.25) is 0 Å². The maximum Gasteiger partial charge on any atom is 0.188 e. The molecule has 0 fully saturated rings. The zero-order chi connectivity index (χ0) is 16.3. The van der Waals surface area contributed by atoms with Crippen LogP contribution < -0.4 is 10.6 Å². The number of guanidine groups is 1. The molecule has 132 valence electrons. The van der Waals surface area contributed by atoms with Crippen LogP contribution >= 0.6 is 0 Å². The molecule has 9 nitrogen and oxygen atoms in total. The second kappa shape index (κ2) is 18.1. The molecule has 0 unspecified atom stereocenters. The molecule has 0 heterocycles. The van der Waals surface area contributed by atoms with Gasteiger partial charge < -0.3 is 39.8 Å². The smallest absolute Gasteiger partial charge is 0.188 e. The van der Waals surface area contributed by atoms with Gasteiger partial charge in [-0.1, -0.05) is 0 Å². The molecule has 0 amide bonds. The van der Waals surface area contributed by atoms with E-state index < -0.39 is 0 Å². The predicted molar refractivity (Wildman–Crippen MR) is 81.2 cm³/mol. The average Bonchev–Trinajstić information content (AvgIpc) is 2.52. The van der Waals surface area contributed by atoms with E-state index in [9.17, 15) is 0 Å². The van der Waals surface area contributed by atoms with E-state index in [-0.39, 0.29) is 19.2 Å². The van der Waals surface area contributed by atoms with Gasteiger partial charge in [-0.2, -0.15) is 0 Å². The van der Waals surface area contributed by atoms with Gasteiger partial charge in [0.2, 0.25) is 0 Å². The van der Waals surface area contributed by atoms with Crippen molar-refractivity contribution < 1.29 is 29.2 Å². The number of hydrogen-bond donors (Lipinski definition) is 5. The van der Waals surface area contributed by atoms with Crippen molar-refractivity contribution in [1.82, 2.24) is 10.6 Å². The fraction of sp³-hybridized carbons (Fsp3) is 0.923. The summed E-state index contributed by atoms with van der Waals surface area (Å²) in [5.41, 5.74) is 0. The van der Waals surface area contributed by atoms with Crippen LogP contribution in [0.3, 0.4) is 0 Å². The lowest BCUT2D eigenvalue weighted by atomic mass is 10.6. The summed E-state index contributed by atoms with van der Waals surface area (Å²) in [6.07, 6.45) is 0. The van der Waals surface area contributed by atoms with Crippen molar-refractivity contribution in [1.29, 1.82) is 5.41 Å². The number of rotatable bonds is 16. The summed E-state index contributed by atoms with van der Waals surface area (Å²) in [7, 11) is 0. The highest BCUT2D eigenvalue weighted by atomic mass is 16.5. The van der Waals surface area contributed by atoms with Gasteiger partial charge in [-0.3, -0.25) is 5.41 Å². The van der Waals surface area contributed by atoms with Gasteiger partial charge in [0.1, 0.15) is 0 Å². The average molecular weight is 323 g/mol. The summed E-state index contributed by atoms with van der Waals surface area (Å²) in [6.45, 7) is 4.54. The Kier molecular flexibility index (Phi) is 17.3. The molecule has 0 aliphatic heterocycles. The fourth-order valence-electron chi connectivity index (χ4n) is 1.33. The molecule has 5 N–H and O–H groups in total. The Bertz CT molecular complexity index is 224. The first-order chi connectivity index (χ1) is 10.8. The van der Waals surface area contributed by atoms with Crippen molar-refractivity contribution in [2.45, 2.75) is 0 Å². The zero-order valence-electron chi connectivity index (χ0n) is 13.0. The molecular formula is C13H29N3O6. The first-order valence-corrected chi connectivity index (χ1v) is 7.40. The number of aliphatic hydroxyl groups is 2. The monoisotopic (exact) mass is 323 g/mol. The third-order valence-corrected chi connectivity index (χ3v) is 2.31. The Morgan fingerprint density at radius 3 is 1.36 bits per heavy atom. The van der Waals surface area contributed by atoms with Crippen LogP contribution in [0.4, 0.5) is 0 Å². The molecule has 0 bridgehead atoms. The molecule has 0 rings (SSSR count). The van der Waals surface area contributed by atoms with Crippen molar-refractivity contribution in [2.75, 3.05) is 79.2 Å². The summed E-state index contributed by atoms with van der Waals surface area (Å²) in [6, 6.07) is 0. The number of ether oxygens (including phenoxy) is 4. The van der Waals surface area contributed by atoms with Crippen LogP contribution in [-0.4, -0.2) is 95.3 Å². The summed E-state index contributed by atoms with van der Waals surface area (Å²) >= 11 is 0. The van der Waals surface area contributed by atoms with Crippen LogP contribution in [0, 0.1) is 5.41 Å². The summed E-state index contributed by atoms with van der Waals surface area (Å²) in [5.74, 6) is 0.222. The highest BCUT2D eigenvalue weighted by Gasteiger charge is 1.95. The van der Waals surface area contributed by atoms with Gasteiger partial charge in [0.05, 0.1) is 66.1 Å². The van der Waals surface area contributed by atoms with Crippen LogP contribution in [0.15, 0.2) is 0 Å². The Labute approximate surface area is 131 Å². The van der Waals surface area contributed by atoms with E-state index in [2.05, 4.69) is 10.6 Å². The normalized spacial score (nSPS) is 10.6. The van der Waals surface area contributed by atoms with Crippen LogP contribution in [0.1, 0.15) is 0 Å². The highest BCUT2D eigenvalue weighted by molar-refractivity contribution is 5.76. The number of aliphatic hydroxyl groups excluding tert-OH is 2. The minimum absolute atomic E-state index is 0.0176. The lowest BCUT2D eigenvalue weighted by Crippen LogP contribution is -2.39. The van der Waals surface area contributed by atoms with Crippen LogP contribution in [-0.2, 0) is 18.9 Å². The number of nitrogens with one attached hydrogen (secondary N) is 3. The zero-order valence-corrected chi connectivity index (χ0v) is 13.0. The van der Waals surface area contributed by atoms with Crippen LogP contribution in [0.5, 0.6) is 0 Å². The Hall–Kier alpha value is -0.970. The molecule has 0 aromatic heterocycles. The minimum atomic E-state index is 0.0176. The Morgan fingerprint density at radius 1 is 0.636 bits per heavy atom. The minimum Gasteiger partial charge on any atom is -0.394 e. The van der Waals surface area contributed by atoms with Gasteiger partial charge in [-0.05, 0) is 0 Å². The first kappa shape index (κ1) is 21.0. The maximum absolute atomic E-state index is 8.49. The molecule has 0 atom stereocenters. The molecule has 0 saturated heterocycles. The molecule has 0 spiro atoms. The molecule has 22 heavy (non-hydrogen) atoms. The molecule has 0 aliphatic carbocycles. The summed E-state index contributed by atoms with van der Waals surface area (Å²) < 4.78 is 20.6. The van der Waals surface area contributed by atoms with E-state index >= 15 is 0 Å². The van der Waals surface area contributed by atoms with E-state index in [0.717, 1.165) is 0 Å². The second-order valence-corrected chi connectivity index (χ2v) is 4.13. The summed E-state index contributed by atoms with van der Waals surface area (Å²) in [5, 5.41) is 30.3. The first-order valence-electron chi connectivity index (χ1n) is 7.40. The van der Waals surface area contributed by atoms with Gasteiger partial charge in [0, 0.05) is 13.1 Å². The Morgan fingerprint density at radius 2 is 1.00 bits per heavy atom. The van der Waals surface area contributed by atoms with Crippen molar-refractivity contribution >= 4 is 5.96 Å². The van der Waals surface area contributed by atoms with E-state index in [0.29, 0.717) is 65.9 Å². The maximum atomic E-state index is 8.49. The molecule has 0 radical (unpaired) electrons. The summed E-state index contributed by atoms with van der Waals surface area (Å²) in [4.78, 5) is 0. The van der Waals surface area contributed by atoms with Gasteiger partial charge in [0.25, 0.3) is 0 Å². The molecular weight excluding hydrogens is 294 g/mol. The van der Waals surface area contributed by atoms with Gasteiger partial charge in [-0.15, -0.1) is 0 Å². The molecule has 0 aromatic rings. The number of hydrogen-bond acceptors (Lipinski definition) is 7. The standard InChI is InChI=1S/C13H29N3O6/c14-13(15-1-5-19-9-11-21-7-3-17)16-2-6-20-10-12-22-8-4-18/h17-18H,1-12H2,(H3,14,15,16). The van der Waals surface area contributed by atoms with Crippen molar-refractivity contribution in [3.05, 3.63) is 0 Å². The topological polar surface area (TPSA) is 125 Å². The Balaban J connectivity index is 3.13. The highest BCUT2D eigenvalue weighted by Crippen LogP contribution is 1.79. The second-order valence-electron chi connectivity index (χ2n) is 4.13. The predicted octanol–water partition coefficient (Wildman–Crippen LogP) is -1.85. The third-order valence-electron chi connectivity index (χ3n) is 2.31. The third kappa shape index (κ3) is 17.1. The van der Waals surface area contributed by atoms with E-state index in [4.69, 9.17) is 34.6 Å². The lowest BCUT2D eigenvalue weighted by Gasteiger charge is -2.11. The van der Waals surface area contributed by atoms with Crippen molar-refractivity contribution in [3.63, 3.8) is 0 Å². The molecule has 9 heteroatoms. The fourth-order valence-corrected chi connectivity index (χ4v) is 1.33.